The fraction of sp³-hybridized carbons (Fsp3) is 0.364. The monoisotopic (exact) mass is 242 g/mol. The number of halogens is 2. The molecule has 0 bridgehead atoms. The number of benzene rings is 1. The fourth-order valence-corrected chi connectivity index (χ4v) is 1.49. The van der Waals surface area contributed by atoms with Gasteiger partial charge in [-0.1, -0.05) is 6.07 Å². The lowest BCUT2D eigenvalue weighted by molar-refractivity contribution is 0.142. The van der Waals surface area contributed by atoms with Gasteiger partial charge in [0.1, 0.15) is 11.3 Å². The van der Waals surface area contributed by atoms with Crippen molar-refractivity contribution in [3.63, 3.8) is 0 Å². The molecule has 0 amide bonds. The van der Waals surface area contributed by atoms with E-state index < -0.39 is 6.43 Å². The predicted octanol–water partition coefficient (Wildman–Crippen LogP) is 2.26. The smallest absolute Gasteiger partial charge is 0.295 e. The minimum atomic E-state index is -2.63. The predicted molar refractivity (Wildman–Crippen MR) is 58.2 cm³/mol. The van der Waals surface area contributed by atoms with Gasteiger partial charge in [-0.2, -0.15) is 0 Å². The van der Waals surface area contributed by atoms with Crippen LogP contribution in [-0.4, -0.2) is 28.3 Å². The minimum absolute atomic E-state index is 0.0266. The van der Waals surface area contributed by atoms with Crippen LogP contribution in [0.25, 0.3) is 11.0 Å². The second-order valence-electron chi connectivity index (χ2n) is 3.50. The van der Waals surface area contributed by atoms with E-state index in [2.05, 4.69) is 9.97 Å². The third-order valence-corrected chi connectivity index (χ3v) is 2.26. The minimum Gasteiger partial charge on any atom is -0.491 e. The second-order valence-corrected chi connectivity index (χ2v) is 3.50. The van der Waals surface area contributed by atoms with Crippen molar-refractivity contribution in [3.8, 4) is 5.75 Å². The van der Waals surface area contributed by atoms with Gasteiger partial charge in [0.15, 0.2) is 5.82 Å². The summed E-state index contributed by atoms with van der Waals surface area (Å²) in [6.07, 6.45) is -2.14. The molecule has 1 aromatic heterocycles. The number of hydrogen-bond acceptors (Lipinski definition) is 3. The molecule has 1 heterocycles. The number of aliphatic hydroxyl groups is 1. The Morgan fingerprint density at radius 3 is 2.94 bits per heavy atom. The molecule has 1 aromatic carbocycles. The molecule has 2 N–H and O–H groups in total. The normalized spacial score (nSPS) is 11.3. The number of para-hydroxylation sites is 1. The molecule has 0 atom stereocenters. The molecule has 0 aliphatic rings. The fourth-order valence-electron chi connectivity index (χ4n) is 1.49. The average molecular weight is 242 g/mol. The quantitative estimate of drug-likeness (QED) is 0.791. The van der Waals surface area contributed by atoms with E-state index in [0.717, 1.165) is 0 Å². The molecule has 0 saturated heterocycles. The van der Waals surface area contributed by atoms with Gasteiger partial charge < -0.3 is 14.8 Å². The van der Waals surface area contributed by atoms with Crippen LogP contribution in [-0.2, 0) is 0 Å². The number of rotatable bonds is 5. The summed E-state index contributed by atoms with van der Waals surface area (Å²) in [5.41, 5.74) is 0.905. The first-order chi connectivity index (χ1) is 8.22. The van der Waals surface area contributed by atoms with Crippen LogP contribution in [0.4, 0.5) is 8.78 Å². The number of hydrogen-bond donors (Lipinski definition) is 2. The number of fused-ring (bicyclic) bond motifs is 1. The number of aliphatic hydroxyl groups excluding tert-OH is 1. The summed E-state index contributed by atoms with van der Waals surface area (Å²) in [5.74, 6) is 0.0808. The molecule has 0 aliphatic heterocycles. The summed E-state index contributed by atoms with van der Waals surface area (Å²) in [7, 11) is 0. The number of alkyl halides is 2. The lowest BCUT2D eigenvalue weighted by Crippen LogP contribution is -2.00. The Balaban J connectivity index is 2.29. The standard InChI is InChI=1S/C11H12F2N2O2/c12-10(13)11-14-7-3-1-4-8(9(7)15-11)17-6-2-5-16/h1,3-4,10,16H,2,5-6H2,(H,14,15). The van der Waals surface area contributed by atoms with Crippen LogP contribution < -0.4 is 4.74 Å². The van der Waals surface area contributed by atoms with Gasteiger partial charge in [-0.15, -0.1) is 0 Å². The third kappa shape index (κ3) is 2.52. The summed E-state index contributed by atoms with van der Waals surface area (Å²) < 4.78 is 30.3. The van der Waals surface area contributed by atoms with E-state index in [4.69, 9.17) is 9.84 Å². The van der Waals surface area contributed by atoms with Crippen molar-refractivity contribution in [1.82, 2.24) is 9.97 Å². The number of aromatic nitrogens is 2. The van der Waals surface area contributed by atoms with Gasteiger partial charge in [-0.05, 0) is 12.1 Å². The van der Waals surface area contributed by atoms with Crippen molar-refractivity contribution in [2.24, 2.45) is 0 Å². The number of nitrogens with one attached hydrogen (secondary N) is 1. The largest absolute Gasteiger partial charge is 0.491 e. The molecule has 0 aliphatic carbocycles. The maximum absolute atomic E-state index is 12.5. The molecule has 4 nitrogen and oxygen atoms in total. The van der Waals surface area contributed by atoms with Crippen LogP contribution in [0, 0.1) is 0 Å². The van der Waals surface area contributed by atoms with Gasteiger partial charge in [0.25, 0.3) is 6.43 Å². The molecule has 0 fully saturated rings. The van der Waals surface area contributed by atoms with Crippen molar-refractivity contribution in [1.29, 1.82) is 0 Å². The number of aromatic amines is 1. The molecular weight excluding hydrogens is 230 g/mol. The van der Waals surface area contributed by atoms with Gasteiger partial charge in [0.2, 0.25) is 0 Å². The molecule has 0 radical (unpaired) electrons. The van der Waals surface area contributed by atoms with Gasteiger partial charge in [0, 0.05) is 13.0 Å². The van der Waals surface area contributed by atoms with E-state index in [0.29, 0.717) is 29.8 Å². The van der Waals surface area contributed by atoms with E-state index in [-0.39, 0.29) is 12.4 Å². The maximum atomic E-state index is 12.5. The Kier molecular flexibility index (Phi) is 3.53. The highest BCUT2D eigenvalue weighted by atomic mass is 19.3. The summed E-state index contributed by atoms with van der Waals surface area (Å²) in [5, 5.41) is 8.63. The van der Waals surface area contributed by atoms with E-state index in [1.165, 1.54) is 0 Å². The third-order valence-electron chi connectivity index (χ3n) is 2.26. The van der Waals surface area contributed by atoms with Crippen molar-refractivity contribution < 1.29 is 18.6 Å². The topological polar surface area (TPSA) is 58.1 Å². The van der Waals surface area contributed by atoms with Gasteiger partial charge in [-0.25, -0.2) is 13.8 Å². The summed E-state index contributed by atoms with van der Waals surface area (Å²) in [4.78, 5) is 6.33. The highest BCUT2D eigenvalue weighted by Gasteiger charge is 2.14. The number of nitrogens with zero attached hydrogens (tertiary/aromatic N) is 1. The number of H-pyrrole nitrogens is 1. The molecule has 2 rings (SSSR count). The molecule has 6 heteroatoms. The molecule has 2 aromatic rings. The van der Waals surface area contributed by atoms with E-state index in [9.17, 15) is 8.78 Å². The molecule has 17 heavy (non-hydrogen) atoms. The SMILES string of the molecule is OCCCOc1cccc2[nH]c(C(F)F)nc12. The van der Waals surface area contributed by atoms with Crippen LogP contribution in [0.1, 0.15) is 18.7 Å². The Morgan fingerprint density at radius 2 is 2.24 bits per heavy atom. The zero-order chi connectivity index (χ0) is 12.3. The second kappa shape index (κ2) is 5.09. The first kappa shape index (κ1) is 11.8. The van der Waals surface area contributed by atoms with Crippen LogP contribution in [0.5, 0.6) is 5.75 Å². The zero-order valence-corrected chi connectivity index (χ0v) is 8.99. The summed E-state index contributed by atoms with van der Waals surface area (Å²) in [6, 6.07) is 5.02. The number of imidazole rings is 1. The zero-order valence-electron chi connectivity index (χ0n) is 8.99. The van der Waals surface area contributed by atoms with Crippen molar-refractivity contribution in [2.75, 3.05) is 13.2 Å². The van der Waals surface area contributed by atoms with Gasteiger partial charge >= 0.3 is 0 Å². The van der Waals surface area contributed by atoms with Crippen LogP contribution in [0.3, 0.4) is 0 Å². The van der Waals surface area contributed by atoms with Crippen LogP contribution >= 0.6 is 0 Å². The van der Waals surface area contributed by atoms with Crippen molar-refractivity contribution >= 4 is 11.0 Å². The Morgan fingerprint density at radius 1 is 1.41 bits per heavy atom. The summed E-state index contributed by atoms with van der Waals surface area (Å²) >= 11 is 0. The first-order valence-corrected chi connectivity index (χ1v) is 5.23. The Hall–Kier alpha value is -1.69. The molecule has 0 unspecified atom stereocenters. The Bertz CT molecular complexity index is 499. The van der Waals surface area contributed by atoms with E-state index in [1.54, 1.807) is 18.2 Å². The highest BCUT2D eigenvalue weighted by Crippen LogP contribution is 2.26. The van der Waals surface area contributed by atoms with Crippen molar-refractivity contribution in [3.05, 3.63) is 24.0 Å². The van der Waals surface area contributed by atoms with Crippen molar-refractivity contribution in [2.45, 2.75) is 12.8 Å². The lowest BCUT2D eigenvalue weighted by Gasteiger charge is -2.04. The molecule has 92 valence electrons. The lowest BCUT2D eigenvalue weighted by atomic mass is 10.3. The van der Waals surface area contributed by atoms with E-state index >= 15 is 0 Å². The molecule has 0 spiro atoms. The number of ether oxygens (including phenoxy) is 1. The average Bonchev–Trinajstić information content (AvgIpc) is 2.74. The Labute approximate surface area is 96.2 Å². The van der Waals surface area contributed by atoms with Crippen LogP contribution in [0.2, 0.25) is 0 Å². The molecule has 0 saturated carbocycles. The summed E-state index contributed by atoms with van der Waals surface area (Å²) in [6.45, 7) is 0.352. The maximum Gasteiger partial charge on any atom is 0.295 e. The van der Waals surface area contributed by atoms with Gasteiger partial charge in [0.05, 0.1) is 12.1 Å². The highest BCUT2D eigenvalue weighted by molar-refractivity contribution is 5.81. The van der Waals surface area contributed by atoms with Crippen LogP contribution in [0.15, 0.2) is 18.2 Å². The van der Waals surface area contributed by atoms with E-state index in [1.807, 2.05) is 0 Å². The first-order valence-electron chi connectivity index (χ1n) is 5.23. The molecular formula is C11H12F2N2O2. The van der Waals surface area contributed by atoms with Gasteiger partial charge in [-0.3, -0.25) is 0 Å².